The molecule has 0 spiro atoms. The van der Waals surface area contributed by atoms with Crippen LogP contribution in [0.1, 0.15) is 11.1 Å². The summed E-state index contributed by atoms with van der Waals surface area (Å²) in [5.74, 6) is 0.0417. The fourth-order valence-corrected chi connectivity index (χ4v) is 2.52. The first kappa shape index (κ1) is 14.9. The van der Waals surface area contributed by atoms with E-state index >= 15 is 0 Å². The van der Waals surface area contributed by atoms with E-state index in [4.69, 9.17) is 0 Å². The zero-order valence-corrected chi connectivity index (χ0v) is 12.6. The van der Waals surface area contributed by atoms with Gasteiger partial charge in [-0.1, -0.05) is 30.3 Å². The van der Waals surface area contributed by atoms with Gasteiger partial charge < -0.3 is 15.4 Å². The number of H-pyrrole nitrogens is 1. The van der Waals surface area contributed by atoms with Gasteiger partial charge in [0.05, 0.1) is 0 Å². The second-order valence-corrected chi connectivity index (χ2v) is 5.33. The summed E-state index contributed by atoms with van der Waals surface area (Å²) >= 11 is 0. The van der Waals surface area contributed by atoms with Gasteiger partial charge in [-0.3, -0.25) is 4.79 Å². The van der Waals surface area contributed by atoms with Gasteiger partial charge in [0.25, 0.3) is 0 Å². The Morgan fingerprint density at radius 2 is 2.04 bits per heavy atom. The van der Waals surface area contributed by atoms with Crippen molar-refractivity contribution < 1.29 is 9.90 Å². The van der Waals surface area contributed by atoms with E-state index in [1.54, 1.807) is 24.3 Å². The molecule has 3 rings (SSSR count). The van der Waals surface area contributed by atoms with E-state index in [-0.39, 0.29) is 11.7 Å². The third-order valence-electron chi connectivity index (χ3n) is 3.67. The first-order valence-corrected chi connectivity index (χ1v) is 7.52. The molecule has 0 fully saturated rings. The van der Waals surface area contributed by atoms with E-state index in [9.17, 15) is 9.90 Å². The number of carbonyl (C=O) groups is 1. The number of para-hydroxylation sites is 1. The molecule has 0 saturated heterocycles. The minimum Gasteiger partial charge on any atom is -0.508 e. The molecule has 2 aromatic carbocycles. The van der Waals surface area contributed by atoms with Crippen LogP contribution in [-0.2, 0) is 11.2 Å². The van der Waals surface area contributed by atoms with Crippen LogP contribution in [0.2, 0.25) is 0 Å². The smallest absolute Gasteiger partial charge is 0.244 e. The number of aromatic amines is 1. The second kappa shape index (κ2) is 6.83. The number of fused-ring (bicyclic) bond motifs is 1. The Morgan fingerprint density at radius 1 is 1.17 bits per heavy atom. The van der Waals surface area contributed by atoms with Crippen LogP contribution in [0.5, 0.6) is 5.75 Å². The molecule has 0 aliphatic rings. The number of nitrogens with one attached hydrogen (secondary N) is 2. The quantitative estimate of drug-likeness (QED) is 0.634. The summed E-state index contributed by atoms with van der Waals surface area (Å²) in [7, 11) is 0. The molecule has 1 heterocycles. The Labute approximate surface area is 134 Å². The van der Waals surface area contributed by atoms with E-state index in [1.165, 1.54) is 17.0 Å². The topological polar surface area (TPSA) is 65.1 Å². The highest BCUT2D eigenvalue weighted by atomic mass is 16.3. The van der Waals surface area contributed by atoms with Crippen molar-refractivity contribution >= 4 is 22.9 Å². The molecule has 4 heteroatoms. The Bertz CT molecular complexity index is 849. The summed E-state index contributed by atoms with van der Waals surface area (Å²) in [6, 6.07) is 14.9. The number of phenolic OH excluding ortho intramolecular Hbond substituents is 1. The molecular weight excluding hydrogens is 288 g/mol. The molecule has 1 aromatic heterocycles. The van der Waals surface area contributed by atoms with Gasteiger partial charge in [-0.25, -0.2) is 0 Å². The average Bonchev–Trinajstić information content (AvgIpc) is 2.97. The summed E-state index contributed by atoms with van der Waals surface area (Å²) in [6.07, 6.45) is 5.92. The number of amides is 1. The van der Waals surface area contributed by atoms with E-state index in [1.807, 2.05) is 30.5 Å². The van der Waals surface area contributed by atoms with E-state index < -0.39 is 0 Å². The largest absolute Gasteiger partial charge is 0.508 e. The SMILES string of the molecule is O=C(/C=C/c1cccc(O)c1)NCCc1c[nH]c2ccccc12. The van der Waals surface area contributed by atoms with Gasteiger partial charge in [0.15, 0.2) is 0 Å². The zero-order chi connectivity index (χ0) is 16.1. The number of rotatable bonds is 5. The van der Waals surface area contributed by atoms with Crippen LogP contribution >= 0.6 is 0 Å². The second-order valence-electron chi connectivity index (χ2n) is 5.33. The van der Waals surface area contributed by atoms with Crippen molar-refractivity contribution in [1.29, 1.82) is 0 Å². The van der Waals surface area contributed by atoms with Crippen molar-refractivity contribution in [2.24, 2.45) is 0 Å². The number of hydrogen-bond acceptors (Lipinski definition) is 2. The lowest BCUT2D eigenvalue weighted by Crippen LogP contribution is -2.23. The first-order chi connectivity index (χ1) is 11.2. The lowest BCUT2D eigenvalue weighted by atomic mass is 10.1. The third-order valence-corrected chi connectivity index (χ3v) is 3.67. The van der Waals surface area contributed by atoms with E-state index in [0.717, 1.165) is 17.5 Å². The highest BCUT2D eigenvalue weighted by Crippen LogP contribution is 2.17. The van der Waals surface area contributed by atoms with Crippen molar-refractivity contribution in [2.45, 2.75) is 6.42 Å². The van der Waals surface area contributed by atoms with Crippen molar-refractivity contribution in [3.63, 3.8) is 0 Å². The maximum absolute atomic E-state index is 11.8. The van der Waals surface area contributed by atoms with Crippen LogP contribution in [0.3, 0.4) is 0 Å². The van der Waals surface area contributed by atoms with Gasteiger partial charge >= 0.3 is 0 Å². The van der Waals surface area contributed by atoms with Crippen LogP contribution < -0.4 is 5.32 Å². The van der Waals surface area contributed by atoms with Crippen LogP contribution in [0.4, 0.5) is 0 Å². The standard InChI is InChI=1S/C19H18N2O2/c22-16-5-3-4-14(12-16)8-9-19(23)20-11-10-15-13-21-18-7-2-1-6-17(15)18/h1-9,12-13,21-22H,10-11H2,(H,20,23)/b9-8+. The number of carbonyl (C=O) groups excluding carboxylic acids is 1. The highest BCUT2D eigenvalue weighted by Gasteiger charge is 2.03. The van der Waals surface area contributed by atoms with Gasteiger partial charge in [-0.15, -0.1) is 0 Å². The number of aromatic nitrogens is 1. The maximum atomic E-state index is 11.8. The van der Waals surface area contributed by atoms with Gasteiger partial charge in [0.2, 0.25) is 5.91 Å². The molecule has 4 nitrogen and oxygen atoms in total. The summed E-state index contributed by atoms with van der Waals surface area (Å²) in [6.45, 7) is 0.574. The molecule has 0 unspecified atom stereocenters. The lowest BCUT2D eigenvalue weighted by molar-refractivity contribution is -0.116. The van der Waals surface area contributed by atoms with Crippen LogP contribution in [-0.4, -0.2) is 22.5 Å². The number of phenols is 1. The Morgan fingerprint density at radius 3 is 2.91 bits per heavy atom. The molecule has 1 amide bonds. The van der Waals surface area contributed by atoms with Crippen LogP contribution in [0, 0.1) is 0 Å². The molecule has 0 saturated carbocycles. The van der Waals surface area contributed by atoms with E-state index in [0.29, 0.717) is 6.54 Å². The monoisotopic (exact) mass is 306 g/mol. The number of benzene rings is 2. The Balaban J connectivity index is 1.53. The predicted octanol–water partition coefficient (Wildman–Crippen LogP) is 3.25. The molecule has 0 radical (unpaired) electrons. The van der Waals surface area contributed by atoms with Crippen LogP contribution in [0.25, 0.3) is 17.0 Å². The fourth-order valence-electron chi connectivity index (χ4n) is 2.52. The molecule has 0 aliphatic carbocycles. The van der Waals surface area contributed by atoms with Gasteiger partial charge in [0, 0.05) is 29.7 Å². The summed E-state index contributed by atoms with van der Waals surface area (Å²) < 4.78 is 0. The zero-order valence-electron chi connectivity index (χ0n) is 12.6. The molecule has 0 bridgehead atoms. The fraction of sp³-hybridized carbons (Fsp3) is 0.105. The Kier molecular flexibility index (Phi) is 4.43. The van der Waals surface area contributed by atoms with Crippen molar-refractivity contribution in [2.75, 3.05) is 6.54 Å². The van der Waals surface area contributed by atoms with Crippen LogP contribution in [0.15, 0.2) is 60.8 Å². The van der Waals surface area contributed by atoms with Crippen molar-refractivity contribution in [3.8, 4) is 5.75 Å². The molecular formula is C19H18N2O2. The van der Waals surface area contributed by atoms with Crippen molar-refractivity contribution in [1.82, 2.24) is 10.3 Å². The molecule has 0 aliphatic heterocycles. The predicted molar refractivity (Wildman–Crippen MR) is 92.2 cm³/mol. The van der Waals surface area contributed by atoms with Gasteiger partial charge in [0.1, 0.15) is 5.75 Å². The molecule has 3 aromatic rings. The Hall–Kier alpha value is -3.01. The number of aromatic hydroxyl groups is 1. The van der Waals surface area contributed by atoms with Crippen molar-refractivity contribution in [3.05, 3.63) is 71.9 Å². The molecule has 23 heavy (non-hydrogen) atoms. The third kappa shape index (κ3) is 3.80. The highest BCUT2D eigenvalue weighted by molar-refractivity contribution is 5.91. The summed E-state index contributed by atoms with van der Waals surface area (Å²) in [4.78, 5) is 15.1. The summed E-state index contributed by atoms with van der Waals surface area (Å²) in [5.41, 5.74) is 3.09. The lowest BCUT2D eigenvalue weighted by Gasteiger charge is -2.02. The minimum absolute atomic E-state index is 0.145. The molecule has 116 valence electrons. The first-order valence-electron chi connectivity index (χ1n) is 7.52. The van der Waals surface area contributed by atoms with Gasteiger partial charge in [-0.2, -0.15) is 0 Å². The summed E-state index contributed by atoms with van der Waals surface area (Å²) in [5, 5.41) is 13.4. The van der Waals surface area contributed by atoms with E-state index in [2.05, 4.69) is 16.4 Å². The molecule has 3 N–H and O–H groups in total. The maximum Gasteiger partial charge on any atom is 0.244 e. The minimum atomic E-state index is -0.145. The normalized spacial score (nSPS) is 11.1. The van der Waals surface area contributed by atoms with Gasteiger partial charge in [-0.05, 0) is 41.8 Å². The molecule has 0 atom stereocenters. The average molecular weight is 306 g/mol. The number of hydrogen-bond donors (Lipinski definition) is 3.